The summed E-state index contributed by atoms with van der Waals surface area (Å²) in [5.74, 6) is 1.28. The van der Waals surface area contributed by atoms with Crippen LogP contribution in [0.3, 0.4) is 0 Å². The molecule has 1 N–H and O–H groups in total. The molecule has 4 aromatic rings. The number of ether oxygens (including phenoxy) is 2. The molecular formula is C27H25N3O3. The van der Waals surface area contributed by atoms with Gasteiger partial charge in [-0.05, 0) is 24.6 Å². The number of H-pyrrole nitrogens is 1. The van der Waals surface area contributed by atoms with Crippen LogP contribution in [0.1, 0.15) is 38.8 Å². The zero-order valence-electron chi connectivity index (χ0n) is 18.8. The maximum absolute atomic E-state index is 13.6. The van der Waals surface area contributed by atoms with Crippen LogP contribution >= 0.6 is 0 Å². The molecule has 6 heteroatoms. The standard InChI is InChI=1S/C27H25N3O3/c1-17-9-11-18(12-10-17)16-30-26(21-14-13-20(32-2)15-22(21)33-3)23-24(19-7-5-4-6-8-19)28-29-25(23)27(30)31/h4-15,26H,16H2,1-3H3,(H,28,29). The molecule has 1 amide bonds. The van der Waals surface area contributed by atoms with Crippen molar-refractivity contribution >= 4 is 5.91 Å². The second-order valence-corrected chi connectivity index (χ2v) is 8.16. The summed E-state index contributed by atoms with van der Waals surface area (Å²) >= 11 is 0. The number of hydrogen-bond acceptors (Lipinski definition) is 4. The van der Waals surface area contributed by atoms with Gasteiger partial charge in [0.05, 0.1) is 26.0 Å². The molecule has 33 heavy (non-hydrogen) atoms. The van der Waals surface area contributed by atoms with Crippen LogP contribution in [0.2, 0.25) is 0 Å². The summed E-state index contributed by atoms with van der Waals surface area (Å²) in [6.07, 6.45) is 0. The topological polar surface area (TPSA) is 67.5 Å². The monoisotopic (exact) mass is 439 g/mol. The number of fused-ring (bicyclic) bond motifs is 1. The van der Waals surface area contributed by atoms with Crippen molar-refractivity contribution in [1.29, 1.82) is 0 Å². The Hall–Kier alpha value is -4.06. The largest absolute Gasteiger partial charge is 0.497 e. The molecule has 2 heterocycles. The Morgan fingerprint density at radius 2 is 1.73 bits per heavy atom. The molecule has 1 aromatic heterocycles. The van der Waals surface area contributed by atoms with Crippen molar-refractivity contribution in [3.05, 3.63) is 101 Å². The Balaban J connectivity index is 1.67. The Morgan fingerprint density at radius 1 is 0.970 bits per heavy atom. The third-order valence-electron chi connectivity index (χ3n) is 6.12. The minimum Gasteiger partial charge on any atom is -0.497 e. The zero-order valence-corrected chi connectivity index (χ0v) is 18.8. The van der Waals surface area contributed by atoms with Crippen molar-refractivity contribution < 1.29 is 14.3 Å². The number of nitrogens with zero attached hydrogens (tertiary/aromatic N) is 2. The molecule has 0 saturated heterocycles. The summed E-state index contributed by atoms with van der Waals surface area (Å²) in [4.78, 5) is 15.5. The lowest BCUT2D eigenvalue weighted by Gasteiger charge is -2.28. The first-order chi connectivity index (χ1) is 16.1. The summed E-state index contributed by atoms with van der Waals surface area (Å²) in [6, 6.07) is 23.5. The van der Waals surface area contributed by atoms with Crippen LogP contribution in [-0.2, 0) is 6.54 Å². The van der Waals surface area contributed by atoms with Crippen LogP contribution < -0.4 is 9.47 Å². The van der Waals surface area contributed by atoms with Gasteiger partial charge in [-0.25, -0.2) is 0 Å². The number of hydrogen-bond donors (Lipinski definition) is 1. The molecule has 1 unspecified atom stereocenters. The first-order valence-electron chi connectivity index (χ1n) is 10.8. The smallest absolute Gasteiger partial charge is 0.273 e. The number of carbonyl (C=O) groups excluding carboxylic acids is 1. The van der Waals surface area contributed by atoms with Crippen molar-refractivity contribution in [2.24, 2.45) is 0 Å². The predicted molar refractivity (Wildman–Crippen MR) is 126 cm³/mol. The Kier molecular flexibility index (Phi) is 5.34. The van der Waals surface area contributed by atoms with E-state index in [1.807, 2.05) is 53.4 Å². The molecule has 0 aliphatic carbocycles. The number of aromatic nitrogens is 2. The van der Waals surface area contributed by atoms with E-state index in [0.29, 0.717) is 23.7 Å². The highest BCUT2D eigenvalue weighted by Gasteiger charge is 2.43. The fraction of sp³-hybridized carbons (Fsp3) is 0.185. The minimum atomic E-state index is -0.358. The Labute approximate surface area is 192 Å². The van der Waals surface area contributed by atoms with Gasteiger partial charge in [-0.3, -0.25) is 9.89 Å². The van der Waals surface area contributed by atoms with Crippen molar-refractivity contribution in [2.75, 3.05) is 14.2 Å². The van der Waals surface area contributed by atoms with Gasteiger partial charge in [0.15, 0.2) is 0 Å². The zero-order chi connectivity index (χ0) is 22.9. The molecule has 0 fully saturated rings. The van der Waals surface area contributed by atoms with Gasteiger partial charge in [-0.2, -0.15) is 5.10 Å². The third kappa shape index (κ3) is 3.63. The van der Waals surface area contributed by atoms with Crippen LogP contribution in [0, 0.1) is 6.92 Å². The van der Waals surface area contributed by atoms with Gasteiger partial charge in [-0.1, -0.05) is 60.2 Å². The molecule has 0 saturated carbocycles. The molecular weight excluding hydrogens is 414 g/mol. The normalized spacial score (nSPS) is 14.9. The quantitative estimate of drug-likeness (QED) is 0.451. The number of nitrogens with one attached hydrogen (secondary N) is 1. The lowest BCUT2D eigenvalue weighted by atomic mass is 9.95. The van der Waals surface area contributed by atoms with E-state index in [-0.39, 0.29) is 11.9 Å². The number of amides is 1. The maximum atomic E-state index is 13.6. The first kappa shape index (κ1) is 20.8. The number of carbonyl (C=O) groups is 1. The lowest BCUT2D eigenvalue weighted by Crippen LogP contribution is -2.29. The molecule has 5 rings (SSSR count). The fourth-order valence-corrected chi connectivity index (χ4v) is 4.43. The van der Waals surface area contributed by atoms with E-state index in [1.54, 1.807) is 14.2 Å². The Morgan fingerprint density at radius 3 is 2.42 bits per heavy atom. The van der Waals surface area contributed by atoms with E-state index < -0.39 is 0 Å². The fourth-order valence-electron chi connectivity index (χ4n) is 4.43. The summed E-state index contributed by atoms with van der Waals surface area (Å²) in [5.41, 5.74) is 6.24. The second kappa shape index (κ2) is 8.47. The summed E-state index contributed by atoms with van der Waals surface area (Å²) in [7, 11) is 3.26. The van der Waals surface area contributed by atoms with Crippen molar-refractivity contribution in [1.82, 2.24) is 15.1 Å². The van der Waals surface area contributed by atoms with Crippen molar-refractivity contribution in [3.8, 4) is 22.8 Å². The number of aryl methyl sites for hydroxylation is 1. The molecule has 166 valence electrons. The van der Waals surface area contributed by atoms with Gasteiger partial charge in [-0.15, -0.1) is 0 Å². The van der Waals surface area contributed by atoms with Crippen LogP contribution in [-0.4, -0.2) is 35.2 Å². The van der Waals surface area contributed by atoms with Gasteiger partial charge < -0.3 is 14.4 Å². The van der Waals surface area contributed by atoms with Crippen LogP contribution in [0.25, 0.3) is 11.3 Å². The average Bonchev–Trinajstić information content (AvgIpc) is 3.40. The average molecular weight is 440 g/mol. The van der Waals surface area contributed by atoms with E-state index in [1.165, 1.54) is 5.56 Å². The van der Waals surface area contributed by atoms with Crippen LogP contribution in [0.15, 0.2) is 72.8 Å². The molecule has 3 aromatic carbocycles. The van der Waals surface area contributed by atoms with E-state index in [2.05, 4.69) is 41.4 Å². The third-order valence-corrected chi connectivity index (χ3v) is 6.12. The first-order valence-corrected chi connectivity index (χ1v) is 10.8. The molecule has 0 radical (unpaired) electrons. The van der Waals surface area contributed by atoms with Gasteiger partial charge in [0.2, 0.25) is 0 Å². The molecule has 6 nitrogen and oxygen atoms in total. The highest BCUT2D eigenvalue weighted by Crippen LogP contribution is 2.46. The highest BCUT2D eigenvalue weighted by atomic mass is 16.5. The van der Waals surface area contributed by atoms with E-state index in [4.69, 9.17) is 9.47 Å². The van der Waals surface area contributed by atoms with Crippen LogP contribution in [0.4, 0.5) is 0 Å². The maximum Gasteiger partial charge on any atom is 0.273 e. The van der Waals surface area contributed by atoms with Crippen LogP contribution in [0.5, 0.6) is 11.5 Å². The van der Waals surface area contributed by atoms with Gasteiger partial charge in [0.25, 0.3) is 5.91 Å². The lowest BCUT2D eigenvalue weighted by molar-refractivity contribution is 0.0728. The van der Waals surface area contributed by atoms with E-state index in [9.17, 15) is 4.79 Å². The number of aromatic amines is 1. The van der Waals surface area contributed by atoms with E-state index in [0.717, 1.165) is 27.9 Å². The van der Waals surface area contributed by atoms with E-state index >= 15 is 0 Å². The SMILES string of the molecule is COc1ccc(C2c3c(-c4ccccc4)n[nH]c3C(=O)N2Cc2ccc(C)cc2)c(OC)c1. The molecule has 1 aliphatic rings. The minimum absolute atomic E-state index is 0.0804. The van der Waals surface area contributed by atoms with Gasteiger partial charge in [0.1, 0.15) is 17.2 Å². The molecule has 1 atom stereocenters. The molecule has 0 spiro atoms. The Bertz CT molecular complexity index is 1300. The highest BCUT2D eigenvalue weighted by molar-refractivity contribution is 6.00. The van der Waals surface area contributed by atoms with Crippen molar-refractivity contribution in [2.45, 2.75) is 19.5 Å². The van der Waals surface area contributed by atoms with Crippen molar-refractivity contribution in [3.63, 3.8) is 0 Å². The summed E-state index contributed by atoms with van der Waals surface area (Å²) < 4.78 is 11.1. The second-order valence-electron chi connectivity index (χ2n) is 8.16. The van der Waals surface area contributed by atoms with Gasteiger partial charge >= 0.3 is 0 Å². The number of benzene rings is 3. The number of rotatable bonds is 6. The summed E-state index contributed by atoms with van der Waals surface area (Å²) in [5, 5.41) is 7.55. The summed E-state index contributed by atoms with van der Waals surface area (Å²) in [6.45, 7) is 2.52. The number of methoxy groups -OCH3 is 2. The molecule has 1 aliphatic heterocycles. The van der Waals surface area contributed by atoms with Gasteiger partial charge in [0, 0.05) is 29.3 Å². The molecule has 0 bridgehead atoms. The predicted octanol–water partition coefficient (Wildman–Crippen LogP) is 5.15.